The maximum absolute atomic E-state index is 13.8. The normalized spacial score (nSPS) is 23.5. The second-order valence-corrected chi connectivity index (χ2v) is 11.0. The first-order valence-electron chi connectivity index (χ1n) is 13.5. The number of amides is 6. The molecule has 1 aromatic carbocycles. The van der Waals surface area contributed by atoms with Crippen LogP contribution in [0.15, 0.2) is 12.3 Å². The van der Waals surface area contributed by atoms with Gasteiger partial charge in [0.25, 0.3) is 5.91 Å². The smallest absolute Gasteiger partial charge is 0.322 e. The zero-order chi connectivity index (χ0) is 26.4. The topological polar surface area (TPSA) is 143 Å². The van der Waals surface area contributed by atoms with Crippen LogP contribution in [-0.2, 0) is 22.6 Å². The molecule has 2 aromatic rings. The van der Waals surface area contributed by atoms with E-state index in [0.29, 0.717) is 45.4 Å². The Hall–Kier alpha value is -3.67. The van der Waals surface area contributed by atoms with E-state index in [-0.39, 0.29) is 17.8 Å². The molecule has 4 aliphatic rings. The summed E-state index contributed by atoms with van der Waals surface area (Å²) in [5.41, 5.74) is 3.20. The maximum atomic E-state index is 13.8. The van der Waals surface area contributed by atoms with Gasteiger partial charge in [-0.1, -0.05) is 6.07 Å². The Labute approximate surface area is 220 Å². The van der Waals surface area contributed by atoms with Crippen LogP contribution in [0.2, 0.25) is 0 Å². The molecular weight excluding hydrogens is 488 g/mol. The molecule has 3 fully saturated rings. The predicted molar refractivity (Wildman–Crippen MR) is 138 cm³/mol. The third-order valence-corrected chi connectivity index (χ3v) is 8.62. The summed E-state index contributed by atoms with van der Waals surface area (Å²) in [4.78, 5) is 57.0. The number of aromatic amines is 1. The Morgan fingerprint density at radius 2 is 1.89 bits per heavy atom. The van der Waals surface area contributed by atoms with Crippen molar-refractivity contribution in [3.63, 3.8) is 0 Å². The van der Waals surface area contributed by atoms with Gasteiger partial charge in [-0.3, -0.25) is 20.0 Å². The minimum absolute atomic E-state index is 0.0843. The lowest BCUT2D eigenvalue weighted by atomic mass is 9.88. The number of hydrogen-bond acceptors (Lipinski definition) is 6. The highest BCUT2D eigenvalue weighted by Crippen LogP contribution is 2.30. The van der Waals surface area contributed by atoms with E-state index in [2.05, 4.69) is 37.1 Å². The third kappa shape index (κ3) is 4.36. The fourth-order valence-corrected chi connectivity index (χ4v) is 6.36. The van der Waals surface area contributed by atoms with Crippen molar-refractivity contribution < 1.29 is 19.2 Å². The average molecular weight is 523 g/mol. The Bertz CT molecular complexity index is 1290. The van der Waals surface area contributed by atoms with Crippen molar-refractivity contribution in [3.05, 3.63) is 29.0 Å². The van der Waals surface area contributed by atoms with E-state index in [9.17, 15) is 19.2 Å². The second kappa shape index (κ2) is 9.57. The summed E-state index contributed by atoms with van der Waals surface area (Å²) >= 11 is 0. The number of rotatable bonds is 4. The highest BCUT2D eigenvalue weighted by Gasteiger charge is 2.48. The van der Waals surface area contributed by atoms with E-state index in [1.165, 1.54) is 12.8 Å². The molecule has 6 amide bonds. The molecule has 0 bridgehead atoms. The lowest BCUT2D eigenvalue weighted by Crippen LogP contribution is -2.59. The molecule has 12 heteroatoms. The summed E-state index contributed by atoms with van der Waals surface area (Å²) in [6.07, 6.45) is 5.26. The number of piperidine rings is 1. The Morgan fingerprint density at radius 1 is 1.13 bits per heavy atom. The number of imide groups is 1. The van der Waals surface area contributed by atoms with Gasteiger partial charge in [0, 0.05) is 44.5 Å². The number of urea groups is 2. The molecule has 0 saturated carbocycles. The van der Waals surface area contributed by atoms with Gasteiger partial charge in [-0.05, 0) is 62.4 Å². The predicted octanol–water partition coefficient (Wildman–Crippen LogP) is 0.604. The largest absolute Gasteiger partial charge is 0.335 e. The number of likely N-dealkylation sites (tertiary alicyclic amines) is 2. The molecule has 4 aliphatic heterocycles. The molecule has 202 valence electrons. The molecular formula is C26H34N8O4. The van der Waals surface area contributed by atoms with E-state index in [4.69, 9.17) is 0 Å². The average Bonchev–Trinajstić information content (AvgIpc) is 3.63. The van der Waals surface area contributed by atoms with Crippen LogP contribution in [0.3, 0.4) is 0 Å². The van der Waals surface area contributed by atoms with Gasteiger partial charge in [-0.15, -0.1) is 0 Å². The number of nitrogens with zero attached hydrogens (tertiary/aromatic N) is 4. The Morgan fingerprint density at radius 3 is 2.61 bits per heavy atom. The minimum Gasteiger partial charge on any atom is -0.335 e. The first-order valence-corrected chi connectivity index (χ1v) is 13.5. The Balaban J connectivity index is 1.21. The second-order valence-electron chi connectivity index (χ2n) is 11.0. The quantitative estimate of drug-likeness (QED) is 0.433. The van der Waals surface area contributed by atoms with Crippen molar-refractivity contribution >= 4 is 34.8 Å². The summed E-state index contributed by atoms with van der Waals surface area (Å²) in [5, 5.41) is 16.4. The fourth-order valence-electron chi connectivity index (χ4n) is 6.36. The maximum Gasteiger partial charge on any atom is 0.322 e. The highest BCUT2D eigenvalue weighted by molar-refractivity contribution is 6.07. The van der Waals surface area contributed by atoms with E-state index in [0.717, 1.165) is 47.2 Å². The summed E-state index contributed by atoms with van der Waals surface area (Å²) in [7, 11) is 0. The number of aryl methyl sites for hydroxylation is 1. The number of aromatic nitrogens is 2. The number of carbonyl (C=O) groups excluding carboxylic acids is 4. The first kappa shape index (κ1) is 24.7. The van der Waals surface area contributed by atoms with Gasteiger partial charge < -0.3 is 25.3 Å². The molecule has 1 unspecified atom stereocenters. The number of H-pyrrole nitrogens is 1. The van der Waals surface area contributed by atoms with Gasteiger partial charge in [0.1, 0.15) is 11.6 Å². The van der Waals surface area contributed by atoms with Gasteiger partial charge in [0.05, 0.1) is 11.7 Å². The lowest BCUT2D eigenvalue weighted by Gasteiger charge is -2.37. The van der Waals surface area contributed by atoms with Crippen LogP contribution in [0.4, 0.5) is 9.59 Å². The standard InChI is InChI=1S/C26H34N8O4/c1-16-12-17-13-20(28-25(38)33-8-4-26(5-9-33)23(36)29-24(37)30-26)22(35)34(11-10-32-6-2-3-7-32)15-19(17)18-14-27-31-21(16)18/h12,14,20H,2-11,13,15H2,1H3,(H,27,31)(H,28,38)(H2,29,30,36,37). The molecule has 4 N–H and O–H groups in total. The molecule has 1 spiro atoms. The molecule has 38 heavy (non-hydrogen) atoms. The van der Waals surface area contributed by atoms with Crippen LogP contribution in [0.5, 0.6) is 0 Å². The van der Waals surface area contributed by atoms with Gasteiger partial charge in [0.15, 0.2) is 0 Å². The van der Waals surface area contributed by atoms with E-state index < -0.39 is 17.6 Å². The van der Waals surface area contributed by atoms with Crippen LogP contribution in [0.25, 0.3) is 10.9 Å². The molecule has 1 aromatic heterocycles. The summed E-state index contributed by atoms with van der Waals surface area (Å²) in [6, 6.07) is 0.577. The van der Waals surface area contributed by atoms with Gasteiger partial charge in [-0.2, -0.15) is 5.10 Å². The fraction of sp³-hybridized carbons (Fsp3) is 0.577. The molecule has 5 heterocycles. The van der Waals surface area contributed by atoms with Gasteiger partial charge in [-0.25, -0.2) is 9.59 Å². The molecule has 0 aliphatic carbocycles. The SMILES string of the molecule is Cc1cc2c(c3cn[nH]c13)CN(CCN1CCCC1)C(=O)C(NC(=O)N1CCC3(CC1)NC(=O)NC3=O)C2. The molecule has 12 nitrogen and oxygen atoms in total. The summed E-state index contributed by atoms with van der Waals surface area (Å²) < 4.78 is 0. The zero-order valence-electron chi connectivity index (χ0n) is 21.6. The lowest BCUT2D eigenvalue weighted by molar-refractivity contribution is -0.133. The van der Waals surface area contributed by atoms with Crippen LogP contribution in [-0.4, -0.2) is 99.6 Å². The number of benzene rings is 1. The molecule has 1 atom stereocenters. The van der Waals surface area contributed by atoms with Crippen molar-refractivity contribution in [2.45, 2.75) is 57.2 Å². The zero-order valence-corrected chi connectivity index (χ0v) is 21.6. The van der Waals surface area contributed by atoms with Crippen molar-refractivity contribution in [2.75, 3.05) is 39.3 Å². The summed E-state index contributed by atoms with van der Waals surface area (Å²) in [6.45, 7) is 6.63. The Kier molecular flexibility index (Phi) is 6.21. The van der Waals surface area contributed by atoms with Crippen LogP contribution >= 0.6 is 0 Å². The first-order chi connectivity index (χ1) is 18.3. The van der Waals surface area contributed by atoms with E-state index in [1.807, 2.05) is 18.0 Å². The van der Waals surface area contributed by atoms with Crippen molar-refractivity contribution in [1.82, 2.24) is 40.8 Å². The van der Waals surface area contributed by atoms with E-state index in [1.54, 1.807) is 4.90 Å². The van der Waals surface area contributed by atoms with E-state index >= 15 is 0 Å². The number of fused-ring (bicyclic) bond motifs is 3. The highest BCUT2D eigenvalue weighted by atomic mass is 16.2. The minimum atomic E-state index is -0.954. The monoisotopic (exact) mass is 522 g/mol. The van der Waals surface area contributed by atoms with Gasteiger partial charge in [0.2, 0.25) is 5.91 Å². The van der Waals surface area contributed by atoms with Crippen molar-refractivity contribution in [1.29, 1.82) is 0 Å². The number of hydrogen-bond donors (Lipinski definition) is 4. The van der Waals surface area contributed by atoms with Crippen molar-refractivity contribution in [2.24, 2.45) is 0 Å². The summed E-state index contributed by atoms with van der Waals surface area (Å²) in [5.74, 6) is -0.424. The number of carbonyl (C=O) groups is 4. The third-order valence-electron chi connectivity index (χ3n) is 8.62. The van der Waals surface area contributed by atoms with Crippen LogP contribution < -0.4 is 16.0 Å². The van der Waals surface area contributed by atoms with Crippen LogP contribution in [0.1, 0.15) is 42.4 Å². The van der Waals surface area contributed by atoms with Crippen LogP contribution in [0, 0.1) is 6.92 Å². The van der Waals surface area contributed by atoms with Crippen molar-refractivity contribution in [3.8, 4) is 0 Å². The van der Waals surface area contributed by atoms with Gasteiger partial charge >= 0.3 is 12.1 Å². The number of nitrogens with one attached hydrogen (secondary N) is 4. The molecule has 0 radical (unpaired) electrons. The molecule has 6 rings (SSSR count). The molecule has 3 saturated heterocycles.